The minimum absolute atomic E-state index is 0.121. The van der Waals surface area contributed by atoms with Crippen LogP contribution in [-0.2, 0) is 4.79 Å². The molecule has 1 saturated heterocycles. The molecule has 2 aromatic rings. The van der Waals surface area contributed by atoms with Gasteiger partial charge in [-0.3, -0.25) is 14.9 Å². The minimum atomic E-state index is -0.280. The molecule has 0 bridgehead atoms. The molecule has 1 aliphatic rings. The van der Waals surface area contributed by atoms with Gasteiger partial charge in [-0.05, 0) is 66.7 Å². The van der Waals surface area contributed by atoms with E-state index in [1.54, 1.807) is 31.2 Å². The first kappa shape index (κ1) is 23.5. The maximum absolute atomic E-state index is 12.4. The molecule has 0 aliphatic carbocycles. The fraction of sp³-hybridized carbons (Fsp3) is 0.375. The van der Waals surface area contributed by atoms with Gasteiger partial charge in [0.05, 0.1) is 6.61 Å². The Morgan fingerprint density at radius 1 is 1.00 bits per heavy atom. The van der Waals surface area contributed by atoms with Crippen molar-refractivity contribution in [2.45, 2.75) is 20.8 Å². The van der Waals surface area contributed by atoms with Gasteiger partial charge in [0.25, 0.3) is 5.91 Å². The molecule has 8 heteroatoms. The molecule has 0 spiro atoms. The van der Waals surface area contributed by atoms with Crippen LogP contribution < -0.4 is 20.3 Å². The number of nitrogens with zero attached hydrogens (tertiary/aromatic N) is 2. The number of amides is 2. The number of piperazine rings is 1. The van der Waals surface area contributed by atoms with Gasteiger partial charge in [-0.15, -0.1) is 0 Å². The molecule has 0 unspecified atom stereocenters. The second kappa shape index (κ2) is 10.9. The first-order valence-corrected chi connectivity index (χ1v) is 11.2. The molecule has 32 heavy (non-hydrogen) atoms. The van der Waals surface area contributed by atoms with Gasteiger partial charge in [-0.1, -0.05) is 13.8 Å². The predicted octanol–water partition coefficient (Wildman–Crippen LogP) is 3.52. The molecule has 0 radical (unpaired) electrons. The zero-order chi connectivity index (χ0) is 23.1. The van der Waals surface area contributed by atoms with Crippen LogP contribution in [0.15, 0.2) is 48.5 Å². The van der Waals surface area contributed by atoms with Gasteiger partial charge in [0, 0.05) is 50.0 Å². The summed E-state index contributed by atoms with van der Waals surface area (Å²) < 4.78 is 5.64. The van der Waals surface area contributed by atoms with Crippen molar-refractivity contribution in [1.82, 2.24) is 10.2 Å². The second-order valence-corrected chi connectivity index (χ2v) is 8.59. The maximum atomic E-state index is 12.4. The van der Waals surface area contributed by atoms with Crippen molar-refractivity contribution < 1.29 is 14.3 Å². The van der Waals surface area contributed by atoms with Crippen LogP contribution in [0.3, 0.4) is 0 Å². The highest BCUT2D eigenvalue weighted by Crippen LogP contribution is 2.20. The van der Waals surface area contributed by atoms with Crippen LogP contribution in [0.4, 0.5) is 11.4 Å². The van der Waals surface area contributed by atoms with Crippen molar-refractivity contribution in [3.63, 3.8) is 0 Å². The smallest absolute Gasteiger partial charge is 0.257 e. The van der Waals surface area contributed by atoms with E-state index in [2.05, 4.69) is 29.4 Å². The summed E-state index contributed by atoms with van der Waals surface area (Å²) in [7, 11) is 0. The van der Waals surface area contributed by atoms with Crippen LogP contribution in [0.1, 0.15) is 31.1 Å². The summed E-state index contributed by atoms with van der Waals surface area (Å²) >= 11 is 5.29. The molecule has 3 rings (SSSR count). The average molecular weight is 455 g/mol. The van der Waals surface area contributed by atoms with E-state index in [9.17, 15) is 9.59 Å². The fourth-order valence-corrected chi connectivity index (χ4v) is 3.55. The van der Waals surface area contributed by atoms with Crippen molar-refractivity contribution in [2.24, 2.45) is 5.92 Å². The first-order valence-electron chi connectivity index (χ1n) is 10.8. The van der Waals surface area contributed by atoms with Crippen LogP contribution in [0.5, 0.6) is 5.75 Å². The topological polar surface area (TPSA) is 73.9 Å². The van der Waals surface area contributed by atoms with Crippen LogP contribution in [-0.4, -0.2) is 54.6 Å². The molecule has 1 heterocycles. The number of carbonyl (C=O) groups is 2. The van der Waals surface area contributed by atoms with Gasteiger partial charge in [-0.2, -0.15) is 0 Å². The normalized spacial score (nSPS) is 13.6. The van der Waals surface area contributed by atoms with E-state index in [-0.39, 0.29) is 16.9 Å². The molecular formula is C24H30N4O3S. The summed E-state index contributed by atoms with van der Waals surface area (Å²) in [6, 6.07) is 14.9. The lowest BCUT2D eigenvalue weighted by molar-refractivity contribution is -0.129. The highest BCUT2D eigenvalue weighted by atomic mass is 32.1. The Kier molecular flexibility index (Phi) is 8.05. The molecule has 0 atom stereocenters. The number of hydrogen-bond acceptors (Lipinski definition) is 5. The zero-order valence-electron chi connectivity index (χ0n) is 18.8. The lowest BCUT2D eigenvalue weighted by Gasteiger charge is -2.35. The third-order valence-corrected chi connectivity index (χ3v) is 5.35. The second-order valence-electron chi connectivity index (χ2n) is 8.18. The number of anilines is 2. The summed E-state index contributed by atoms with van der Waals surface area (Å²) in [6.45, 7) is 9.49. The average Bonchev–Trinajstić information content (AvgIpc) is 2.78. The van der Waals surface area contributed by atoms with Crippen LogP contribution >= 0.6 is 12.2 Å². The SMILES string of the molecule is CC(=O)N1CCN(c2ccc(NC(=S)NC(=O)c3ccc(OCC(C)C)cc3)cc2)CC1. The molecular weight excluding hydrogens is 424 g/mol. The predicted molar refractivity (Wildman–Crippen MR) is 131 cm³/mol. The Labute approximate surface area is 194 Å². The van der Waals surface area contributed by atoms with Crippen LogP contribution in [0.25, 0.3) is 0 Å². The van der Waals surface area contributed by atoms with E-state index < -0.39 is 0 Å². The Morgan fingerprint density at radius 3 is 2.19 bits per heavy atom. The van der Waals surface area contributed by atoms with E-state index in [1.807, 2.05) is 29.2 Å². The van der Waals surface area contributed by atoms with E-state index in [4.69, 9.17) is 17.0 Å². The van der Waals surface area contributed by atoms with Crippen molar-refractivity contribution in [3.8, 4) is 5.75 Å². The molecule has 2 amide bonds. The van der Waals surface area contributed by atoms with Crippen LogP contribution in [0, 0.1) is 5.92 Å². The molecule has 0 aromatic heterocycles. The number of benzene rings is 2. The highest BCUT2D eigenvalue weighted by Gasteiger charge is 2.18. The van der Waals surface area contributed by atoms with Crippen molar-refractivity contribution in [3.05, 3.63) is 54.1 Å². The molecule has 2 aromatic carbocycles. The van der Waals surface area contributed by atoms with E-state index in [1.165, 1.54) is 0 Å². The van der Waals surface area contributed by atoms with E-state index in [0.717, 1.165) is 43.3 Å². The van der Waals surface area contributed by atoms with E-state index >= 15 is 0 Å². The highest BCUT2D eigenvalue weighted by molar-refractivity contribution is 7.80. The standard InChI is InChI=1S/C24H30N4O3S/c1-17(2)16-31-22-10-4-19(5-11-22)23(30)26-24(32)25-20-6-8-21(9-7-20)28-14-12-27(13-15-28)18(3)29/h4-11,17H,12-16H2,1-3H3,(H2,25,26,30,32). The third kappa shape index (κ3) is 6.68. The zero-order valence-corrected chi connectivity index (χ0v) is 19.6. The monoisotopic (exact) mass is 454 g/mol. The summed E-state index contributed by atoms with van der Waals surface area (Å²) in [5.74, 6) is 1.01. The Bertz CT molecular complexity index is 937. The van der Waals surface area contributed by atoms with Gasteiger partial charge in [0.2, 0.25) is 5.91 Å². The summed E-state index contributed by atoms with van der Waals surface area (Å²) in [5, 5.41) is 5.98. The number of rotatable bonds is 6. The molecule has 1 fully saturated rings. The Morgan fingerprint density at radius 2 is 1.62 bits per heavy atom. The summed E-state index contributed by atoms with van der Waals surface area (Å²) in [6.07, 6.45) is 0. The number of carbonyl (C=O) groups excluding carboxylic acids is 2. The molecule has 1 aliphatic heterocycles. The van der Waals surface area contributed by atoms with Gasteiger partial charge in [0.1, 0.15) is 5.75 Å². The molecule has 7 nitrogen and oxygen atoms in total. The van der Waals surface area contributed by atoms with E-state index in [0.29, 0.717) is 18.1 Å². The van der Waals surface area contributed by atoms with Gasteiger partial charge in [-0.25, -0.2) is 0 Å². The Hall–Kier alpha value is -3.13. The van der Waals surface area contributed by atoms with Gasteiger partial charge < -0.3 is 19.9 Å². The van der Waals surface area contributed by atoms with Gasteiger partial charge >= 0.3 is 0 Å². The third-order valence-electron chi connectivity index (χ3n) is 5.14. The minimum Gasteiger partial charge on any atom is -0.493 e. The molecule has 2 N–H and O–H groups in total. The fourth-order valence-electron chi connectivity index (χ4n) is 3.34. The molecule has 170 valence electrons. The number of ether oxygens (including phenoxy) is 1. The summed E-state index contributed by atoms with van der Waals surface area (Å²) in [5.41, 5.74) is 2.39. The van der Waals surface area contributed by atoms with Crippen molar-refractivity contribution in [1.29, 1.82) is 0 Å². The first-order chi connectivity index (χ1) is 15.3. The number of hydrogen-bond donors (Lipinski definition) is 2. The summed E-state index contributed by atoms with van der Waals surface area (Å²) in [4.78, 5) is 28.0. The maximum Gasteiger partial charge on any atom is 0.257 e. The van der Waals surface area contributed by atoms with Crippen LogP contribution in [0.2, 0.25) is 0 Å². The lowest BCUT2D eigenvalue weighted by atomic mass is 10.2. The quantitative estimate of drug-likeness (QED) is 0.651. The Balaban J connectivity index is 1.48. The van der Waals surface area contributed by atoms with Crippen molar-refractivity contribution >= 4 is 40.5 Å². The molecule has 0 saturated carbocycles. The number of thiocarbonyl (C=S) groups is 1. The largest absolute Gasteiger partial charge is 0.493 e. The lowest BCUT2D eigenvalue weighted by Crippen LogP contribution is -2.48. The van der Waals surface area contributed by atoms with Crippen molar-refractivity contribution in [2.75, 3.05) is 43.0 Å². The van der Waals surface area contributed by atoms with Gasteiger partial charge in [0.15, 0.2) is 5.11 Å². The number of nitrogens with one attached hydrogen (secondary N) is 2.